The van der Waals surface area contributed by atoms with E-state index in [1.165, 1.54) is 12.5 Å². The van der Waals surface area contributed by atoms with Crippen molar-refractivity contribution in [3.63, 3.8) is 0 Å². The van der Waals surface area contributed by atoms with Crippen molar-refractivity contribution in [2.24, 2.45) is 11.7 Å². The molecule has 0 spiro atoms. The number of amides is 6. The lowest BCUT2D eigenvalue weighted by molar-refractivity contribution is -0.142. The number of carboxylic acid groups (broad SMARTS) is 1. The van der Waals surface area contributed by atoms with E-state index in [4.69, 9.17) is 19.9 Å². The number of carbonyl (C=O) groups is 7. The van der Waals surface area contributed by atoms with Crippen molar-refractivity contribution in [1.82, 2.24) is 31.9 Å². The van der Waals surface area contributed by atoms with E-state index in [1.54, 1.807) is 65.8 Å². The SMILES string of the molecule is CCCCc1ccc(-c2ccc(C(=O)N[C@@H](CNC(=O)OC(C)(C)C)C(=O)N[C@H](C(=O)N[C@@H](N)C(=O)N[C@@H](CCCCNC(=O)OC(C)(C)C)C(=O)O)[C@@H](C)OCC(C)C)cc2)cc1. The fourth-order valence-corrected chi connectivity index (χ4v) is 5.91. The number of alkyl carbamates (subject to hydrolysis) is 2. The molecule has 2 aromatic rings. The first-order chi connectivity index (χ1) is 29.9. The molecule has 64 heavy (non-hydrogen) atoms. The van der Waals surface area contributed by atoms with E-state index in [9.17, 15) is 38.7 Å². The maximum Gasteiger partial charge on any atom is 0.407 e. The number of unbranched alkanes of at least 4 members (excludes halogenated alkanes) is 2. The van der Waals surface area contributed by atoms with Crippen LogP contribution in [0.1, 0.15) is 117 Å². The molecule has 2 aromatic carbocycles. The van der Waals surface area contributed by atoms with Gasteiger partial charge in [0.15, 0.2) is 6.17 Å². The Morgan fingerprint density at radius 1 is 0.672 bits per heavy atom. The lowest BCUT2D eigenvalue weighted by atomic mass is 10.0. The van der Waals surface area contributed by atoms with Crippen molar-refractivity contribution < 1.29 is 52.9 Å². The second-order valence-electron chi connectivity index (χ2n) is 18.0. The molecule has 9 N–H and O–H groups in total. The Kier molecular flexibility index (Phi) is 22.2. The second-order valence-corrected chi connectivity index (χ2v) is 18.0. The Morgan fingerprint density at radius 3 is 1.77 bits per heavy atom. The van der Waals surface area contributed by atoms with Gasteiger partial charge in [0.05, 0.1) is 12.6 Å². The smallest absolute Gasteiger partial charge is 0.407 e. The molecule has 0 aliphatic carbocycles. The molecule has 0 saturated carbocycles. The molecule has 18 heteroatoms. The quantitative estimate of drug-likeness (QED) is 0.0534. The molecule has 0 bridgehead atoms. The molecule has 2 rings (SSSR count). The maximum atomic E-state index is 14.0. The van der Waals surface area contributed by atoms with Crippen molar-refractivity contribution in [1.29, 1.82) is 0 Å². The van der Waals surface area contributed by atoms with Crippen LogP contribution in [0.2, 0.25) is 0 Å². The fourth-order valence-electron chi connectivity index (χ4n) is 5.91. The average molecular weight is 898 g/mol. The van der Waals surface area contributed by atoms with Crippen LogP contribution in [0.5, 0.6) is 0 Å². The van der Waals surface area contributed by atoms with Gasteiger partial charge in [0.25, 0.3) is 11.8 Å². The molecular weight excluding hydrogens is 827 g/mol. The molecule has 356 valence electrons. The summed E-state index contributed by atoms with van der Waals surface area (Å²) < 4.78 is 16.4. The van der Waals surface area contributed by atoms with Gasteiger partial charge < -0.3 is 57.0 Å². The minimum absolute atomic E-state index is 0.0158. The van der Waals surface area contributed by atoms with E-state index in [-0.39, 0.29) is 31.1 Å². The lowest BCUT2D eigenvalue weighted by Crippen LogP contribution is -2.63. The van der Waals surface area contributed by atoms with Crippen molar-refractivity contribution in [2.45, 2.75) is 149 Å². The Hall–Kier alpha value is -5.75. The standard InChI is InChI=1S/C46H71N7O11/c1-11-12-15-30-17-19-31(20-18-30)32-21-23-33(24-22-32)38(54)51-35(26-49-44(61)64-46(8,9)10)39(55)52-36(29(4)62-27-28(2)3)40(56)53-37(47)41(57)50-34(42(58)59)16-13-14-25-48-43(60)63-45(5,6)7/h17-24,28-29,34-37H,11-16,25-27,47H2,1-10H3,(H,48,60)(H,49,61)(H,50,57)(H,51,54)(H,52,55)(H,53,56)(H,58,59)/t29-,34+,35+,36+,37-/m1/s1. The number of aryl methyl sites for hydroxylation is 1. The number of nitrogens with one attached hydrogen (secondary N) is 6. The van der Waals surface area contributed by atoms with E-state index in [1.807, 2.05) is 26.0 Å². The summed E-state index contributed by atoms with van der Waals surface area (Å²) in [7, 11) is 0. The number of carboxylic acids is 1. The Labute approximate surface area is 377 Å². The van der Waals surface area contributed by atoms with Gasteiger partial charge in [-0.05, 0) is 115 Å². The minimum atomic E-state index is -1.76. The zero-order chi connectivity index (χ0) is 48.2. The zero-order valence-electron chi connectivity index (χ0n) is 39.1. The van der Waals surface area contributed by atoms with Gasteiger partial charge in [0, 0.05) is 18.7 Å². The van der Waals surface area contributed by atoms with Gasteiger partial charge in [-0.15, -0.1) is 0 Å². The molecule has 0 fully saturated rings. The van der Waals surface area contributed by atoms with E-state index in [0.29, 0.717) is 12.8 Å². The molecule has 0 aromatic heterocycles. The largest absolute Gasteiger partial charge is 0.480 e. The van der Waals surface area contributed by atoms with Crippen molar-refractivity contribution >= 4 is 41.8 Å². The summed E-state index contributed by atoms with van der Waals surface area (Å²) in [6, 6.07) is 10.6. The first-order valence-corrected chi connectivity index (χ1v) is 21.8. The zero-order valence-corrected chi connectivity index (χ0v) is 39.1. The van der Waals surface area contributed by atoms with Gasteiger partial charge in [-0.3, -0.25) is 19.2 Å². The van der Waals surface area contributed by atoms with Gasteiger partial charge in [-0.2, -0.15) is 0 Å². The highest BCUT2D eigenvalue weighted by Crippen LogP contribution is 2.21. The van der Waals surface area contributed by atoms with E-state index < -0.39 is 89.9 Å². The molecule has 0 aliphatic rings. The molecule has 18 nitrogen and oxygen atoms in total. The predicted molar refractivity (Wildman–Crippen MR) is 242 cm³/mol. The third-order valence-electron chi connectivity index (χ3n) is 9.25. The van der Waals surface area contributed by atoms with Crippen LogP contribution in [0, 0.1) is 5.92 Å². The summed E-state index contributed by atoms with van der Waals surface area (Å²) in [4.78, 5) is 91.1. The summed E-state index contributed by atoms with van der Waals surface area (Å²) in [6.07, 6.45) is -0.392. The number of hydrogen-bond donors (Lipinski definition) is 8. The molecule has 5 atom stereocenters. The summed E-state index contributed by atoms with van der Waals surface area (Å²) >= 11 is 0. The molecule has 0 saturated heterocycles. The Balaban J connectivity index is 2.23. The molecular formula is C46H71N7O11. The van der Waals surface area contributed by atoms with Crippen LogP contribution in [-0.4, -0.2) is 108 Å². The Morgan fingerprint density at radius 2 is 1.23 bits per heavy atom. The number of nitrogens with two attached hydrogens (primary N) is 1. The molecule has 0 heterocycles. The predicted octanol–water partition coefficient (Wildman–Crippen LogP) is 4.53. The second kappa shape index (κ2) is 26.1. The third kappa shape index (κ3) is 21.1. The van der Waals surface area contributed by atoms with Crippen molar-refractivity contribution in [2.75, 3.05) is 19.7 Å². The van der Waals surface area contributed by atoms with Gasteiger partial charge in [0.2, 0.25) is 11.8 Å². The van der Waals surface area contributed by atoms with Crippen LogP contribution < -0.4 is 37.6 Å². The highest BCUT2D eigenvalue weighted by Gasteiger charge is 2.34. The number of carbonyl (C=O) groups excluding carboxylic acids is 6. The van der Waals surface area contributed by atoms with Crippen LogP contribution in [0.15, 0.2) is 48.5 Å². The molecule has 0 unspecified atom stereocenters. The van der Waals surface area contributed by atoms with E-state index in [2.05, 4.69) is 51.0 Å². The van der Waals surface area contributed by atoms with Crippen molar-refractivity contribution in [3.8, 4) is 11.1 Å². The highest BCUT2D eigenvalue weighted by atomic mass is 16.6. The highest BCUT2D eigenvalue weighted by molar-refractivity contribution is 5.99. The lowest BCUT2D eigenvalue weighted by Gasteiger charge is -2.29. The van der Waals surface area contributed by atoms with E-state index >= 15 is 0 Å². The summed E-state index contributed by atoms with van der Waals surface area (Å²) in [5, 5.41) is 24.7. The van der Waals surface area contributed by atoms with Crippen LogP contribution in [0.25, 0.3) is 11.1 Å². The fraction of sp³-hybridized carbons (Fsp3) is 0.587. The summed E-state index contributed by atoms with van der Waals surface area (Å²) in [6.45, 7) is 17.5. The van der Waals surface area contributed by atoms with Gasteiger partial charge in [0.1, 0.15) is 29.3 Å². The summed E-state index contributed by atoms with van der Waals surface area (Å²) in [5.41, 5.74) is 7.78. The topological polar surface area (TPSA) is 266 Å². The third-order valence-corrected chi connectivity index (χ3v) is 9.25. The van der Waals surface area contributed by atoms with Crippen LogP contribution in [0.4, 0.5) is 9.59 Å². The van der Waals surface area contributed by atoms with Crippen LogP contribution in [-0.2, 0) is 39.8 Å². The maximum absolute atomic E-state index is 14.0. The molecule has 6 amide bonds. The number of hydrogen-bond acceptors (Lipinski definition) is 11. The van der Waals surface area contributed by atoms with Crippen LogP contribution in [0.3, 0.4) is 0 Å². The number of ether oxygens (including phenoxy) is 3. The van der Waals surface area contributed by atoms with Crippen LogP contribution >= 0.6 is 0 Å². The molecule has 0 aliphatic heterocycles. The minimum Gasteiger partial charge on any atom is -0.480 e. The first kappa shape index (κ1) is 54.4. The first-order valence-electron chi connectivity index (χ1n) is 21.8. The van der Waals surface area contributed by atoms with Gasteiger partial charge in [-0.1, -0.05) is 63.6 Å². The average Bonchev–Trinajstić information content (AvgIpc) is 3.20. The molecule has 0 radical (unpaired) electrons. The number of benzene rings is 2. The number of aliphatic carboxylic acids is 1. The number of rotatable bonds is 24. The monoisotopic (exact) mass is 898 g/mol. The Bertz CT molecular complexity index is 1840. The van der Waals surface area contributed by atoms with Gasteiger partial charge >= 0.3 is 18.2 Å². The summed E-state index contributed by atoms with van der Waals surface area (Å²) in [5.74, 6) is -4.83. The van der Waals surface area contributed by atoms with Crippen molar-refractivity contribution in [3.05, 3.63) is 59.7 Å². The normalized spacial score (nSPS) is 13.9. The van der Waals surface area contributed by atoms with Gasteiger partial charge in [-0.25, -0.2) is 14.4 Å². The van der Waals surface area contributed by atoms with E-state index in [0.717, 1.165) is 30.4 Å².